The van der Waals surface area contributed by atoms with E-state index < -0.39 is 5.54 Å². The number of carbonyl (C=O) groups excluding carboxylic acids is 2. The number of nitrogens with one attached hydrogen (secondary N) is 3. The highest BCUT2D eigenvalue weighted by atomic mass is 35.5. The Balaban J connectivity index is 1.50. The lowest BCUT2D eigenvalue weighted by Crippen LogP contribution is -2.43. The van der Waals surface area contributed by atoms with Gasteiger partial charge in [0, 0.05) is 11.6 Å². The number of urea groups is 1. The number of rotatable bonds is 4. The summed E-state index contributed by atoms with van der Waals surface area (Å²) in [6, 6.07) is 14.2. The van der Waals surface area contributed by atoms with Gasteiger partial charge in [-0.25, -0.2) is 4.79 Å². The summed E-state index contributed by atoms with van der Waals surface area (Å²) in [7, 11) is 0. The van der Waals surface area contributed by atoms with Crippen molar-refractivity contribution in [2.45, 2.75) is 25.9 Å². The van der Waals surface area contributed by atoms with Gasteiger partial charge in [-0.05, 0) is 37.6 Å². The van der Waals surface area contributed by atoms with Crippen molar-refractivity contribution in [3.05, 3.63) is 81.5 Å². The number of carbonyl (C=O) groups is 2. The Morgan fingerprint density at radius 2 is 1.75 bits per heavy atom. The van der Waals surface area contributed by atoms with Gasteiger partial charge in [0.05, 0.1) is 33.5 Å². The number of nitrogens with zero attached hydrogens (tertiary/aromatic N) is 2. The quantitative estimate of drug-likeness (QED) is 0.431. The average Bonchev–Trinajstić information content (AvgIpc) is 3.28. The second-order valence-electron chi connectivity index (χ2n) is 7.83. The van der Waals surface area contributed by atoms with Crippen LogP contribution in [0.4, 0.5) is 16.3 Å². The molecular formula is C23H21Cl2N5O2. The van der Waals surface area contributed by atoms with E-state index in [9.17, 15) is 9.59 Å². The summed E-state index contributed by atoms with van der Waals surface area (Å²) < 4.78 is 0. The number of amides is 3. The van der Waals surface area contributed by atoms with Crippen molar-refractivity contribution in [3.8, 4) is 0 Å². The number of anilines is 2. The molecule has 4 rings (SSSR count). The third-order valence-electron chi connectivity index (χ3n) is 5.38. The zero-order chi connectivity index (χ0) is 22.9. The molecule has 2 aromatic carbocycles. The van der Waals surface area contributed by atoms with Crippen LogP contribution in [-0.2, 0) is 16.9 Å². The van der Waals surface area contributed by atoms with Crippen LogP contribution >= 0.6 is 23.2 Å². The van der Waals surface area contributed by atoms with Crippen LogP contribution in [0.3, 0.4) is 0 Å². The van der Waals surface area contributed by atoms with Crippen LogP contribution in [0.15, 0.2) is 54.6 Å². The van der Waals surface area contributed by atoms with E-state index in [0.717, 1.165) is 16.8 Å². The lowest BCUT2D eigenvalue weighted by molar-refractivity contribution is -0.111. The molecule has 0 unspecified atom stereocenters. The van der Waals surface area contributed by atoms with Crippen molar-refractivity contribution in [1.82, 2.24) is 15.1 Å². The number of halogens is 2. The third-order valence-corrected chi connectivity index (χ3v) is 6.01. The van der Waals surface area contributed by atoms with E-state index in [1.165, 1.54) is 6.08 Å². The topological polar surface area (TPSA) is 90.1 Å². The van der Waals surface area contributed by atoms with Crippen molar-refractivity contribution in [1.29, 1.82) is 0 Å². The first-order chi connectivity index (χ1) is 15.3. The fourth-order valence-corrected chi connectivity index (χ4v) is 4.12. The zero-order valence-electron chi connectivity index (χ0n) is 17.4. The summed E-state index contributed by atoms with van der Waals surface area (Å²) in [4.78, 5) is 27.1. The van der Waals surface area contributed by atoms with Gasteiger partial charge in [-0.3, -0.25) is 9.89 Å². The normalized spacial score (nSPS) is 14.4. The molecule has 3 amide bonds. The maximum Gasteiger partial charge on any atom is 0.323 e. The lowest BCUT2D eigenvalue weighted by atomic mass is 10.0. The van der Waals surface area contributed by atoms with E-state index >= 15 is 0 Å². The molecule has 1 aliphatic rings. The number of hydrogen-bond acceptors (Lipinski definition) is 3. The molecule has 32 heavy (non-hydrogen) atoms. The Kier molecular flexibility index (Phi) is 5.95. The van der Waals surface area contributed by atoms with E-state index in [4.69, 9.17) is 23.2 Å². The summed E-state index contributed by atoms with van der Waals surface area (Å²) in [5.41, 5.74) is 2.07. The molecule has 7 nitrogen and oxygen atoms in total. The molecule has 0 aliphatic carbocycles. The maximum atomic E-state index is 13.1. The first-order valence-corrected chi connectivity index (χ1v) is 10.7. The molecule has 1 aliphatic heterocycles. The number of para-hydroxylation sites is 1. The van der Waals surface area contributed by atoms with E-state index in [1.807, 2.05) is 44.2 Å². The van der Waals surface area contributed by atoms with E-state index in [1.54, 1.807) is 29.2 Å². The number of aromatic nitrogens is 2. The van der Waals surface area contributed by atoms with Crippen molar-refractivity contribution in [2.75, 3.05) is 10.6 Å². The predicted octanol–water partition coefficient (Wildman–Crippen LogP) is 5.65. The molecule has 0 saturated heterocycles. The number of fused-ring (bicyclic) bond motifs is 1. The van der Waals surface area contributed by atoms with Crippen LogP contribution < -0.4 is 10.6 Å². The van der Waals surface area contributed by atoms with Gasteiger partial charge in [0.1, 0.15) is 0 Å². The predicted molar refractivity (Wildman–Crippen MR) is 127 cm³/mol. The monoisotopic (exact) mass is 469 g/mol. The van der Waals surface area contributed by atoms with Crippen molar-refractivity contribution in [2.24, 2.45) is 0 Å². The Morgan fingerprint density at radius 1 is 1.06 bits per heavy atom. The SMILES string of the molecule is CC1(C)c2[nH]nc(NC(=O)/C=C/c3ccccc3)c2CN1C(=O)Nc1c(Cl)cccc1Cl. The third kappa shape index (κ3) is 4.22. The van der Waals surface area contributed by atoms with E-state index in [2.05, 4.69) is 20.8 Å². The van der Waals surface area contributed by atoms with Gasteiger partial charge in [-0.2, -0.15) is 5.10 Å². The van der Waals surface area contributed by atoms with Gasteiger partial charge >= 0.3 is 6.03 Å². The minimum Gasteiger partial charge on any atom is -0.309 e. The maximum absolute atomic E-state index is 13.1. The highest BCUT2D eigenvalue weighted by molar-refractivity contribution is 6.39. The van der Waals surface area contributed by atoms with Crippen LogP contribution in [0, 0.1) is 0 Å². The molecule has 9 heteroatoms. The highest BCUT2D eigenvalue weighted by Crippen LogP contribution is 2.41. The number of hydrogen-bond donors (Lipinski definition) is 3. The number of benzene rings is 2. The van der Waals surface area contributed by atoms with Gasteiger partial charge in [0.15, 0.2) is 5.82 Å². The van der Waals surface area contributed by atoms with Crippen LogP contribution in [0.2, 0.25) is 10.0 Å². The minimum atomic E-state index is -0.691. The van der Waals surface area contributed by atoms with Crippen molar-refractivity contribution in [3.63, 3.8) is 0 Å². The van der Waals surface area contributed by atoms with Gasteiger partial charge in [-0.1, -0.05) is 59.6 Å². The Labute approximate surface area is 195 Å². The van der Waals surface area contributed by atoms with Crippen LogP contribution in [0.5, 0.6) is 0 Å². The van der Waals surface area contributed by atoms with Crippen LogP contribution in [-0.4, -0.2) is 27.0 Å². The van der Waals surface area contributed by atoms with Gasteiger partial charge in [0.2, 0.25) is 5.91 Å². The largest absolute Gasteiger partial charge is 0.323 e. The zero-order valence-corrected chi connectivity index (χ0v) is 19.0. The summed E-state index contributed by atoms with van der Waals surface area (Å²) in [5, 5.41) is 13.5. The fraction of sp³-hybridized carbons (Fsp3) is 0.174. The van der Waals surface area contributed by atoms with E-state index in [0.29, 0.717) is 21.6 Å². The molecule has 3 aromatic rings. The molecule has 0 fully saturated rings. The molecule has 1 aromatic heterocycles. The highest BCUT2D eigenvalue weighted by Gasteiger charge is 2.44. The van der Waals surface area contributed by atoms with Crippen molar-refractivity contribution < 1.29 is 9.59 Å². The van der Waals surface area contributed by atoms with Gasteiger partial charge < -0.3 is 15.5 Å². The summed E-state index contributed by atoms with van der Waals surface area (Å²) >= 11 is 12.4. The van der Waals surface area contributed by atoms with Gasteiger partial charge in [-0.15, -0.1) is 0 Å². The first-order valence-electron chi connectivity index (χ1n) is 9.92. The smallest absolute Gasteiger partial charge is 0.309 e. The minimum absolute atomic E-state index is 0.255. The summed E-state index contributed by atoms with van der Waals surface area (Å²) in [6.45, 7) is 4.04. The molecule has 3 N–H and O–H groups in total. The molecule has 0 bridgehead atoms. The number of aromatic amines is 1. The first kappa shape index (κ1) is 21.9. The second-order valence-corrected chi connectivity index (χ2v) is 8.65. The molecule has 164 valence electrons. The molecule has 0 atom stereocenters. The molecule has 0 saturated carbocycles. The molecule has 0 radical (unpaired) electrons. The Hall–Kier alpha value is -3.29. The lowest BCUT2D eigenvalue weighted by Gasteiger charge is -2.32. The fourth-order valence-electron chi connectivity index (χ4n) is 3.63. The van der Waals surface area contributed by atoms with Crippen LogP contribution in [0.1, 0.15) is 30.7 Å². The van der Waals surface area contributed by atoms with Crippen LogP contribution in [0.25, 0.3) is 6.08 Å². The standard InChI is InChI=1S/C23H21Cl2N5O2/c1-23(2)20-15(13-30(23)22(32)27-19-16(24)9-6-10-17(19)25)21(29-28-20)26-18(31)12-11-14-7-4-3-5-8-14/h3-12H,13H2,1-2H3,(H,27,32)(H2,26,28,29,31)/b12-11+. The summed E-state index contributed by atoms with van der Waals surface area (Å²) in [5.74, 6) is 0.0774. The summed E-state index contributed by atoms with van der Waals surface area (Å²) in [6.07, 6.45) is 3.17. The second kappa shape index (κ2) is 8.68. The molecular weight excluding hydrogens is 449 g/mol. The number of H-pyrrole nitrogens is 1. The molecule has 2 heterocycles. The van der Waals surface area contributed by atoms with Gasteiger partial charge in [0.25, 0.3) is 0 Å². The average molecular weight is 470 g/mol. The van der Waals surface area contributed by atoms with Crippen molar-refractivity contribution >= 4 is 52.7 Å². The Bertz CT molecular complexity index is 1180. The van der Waals surface area contributed by atoms with E-state index in [-0.39, 0.29) is 18.5 Å². The molecule has 0 spiro atoms. The Morgan fingerprint density at radius 3 is 2.44 bits per heavy atom.